The van der Waals surface area contributed by atoms with Crippen molar-refractivity contribution >= 4 is 21.6 Å². The molecule has 156 valence electrons. The van der Waals surface area contributed by atoms with Crippen LogP contribution >= 0.6 is 0 Å². The maximum atomic E-state index is 12.7. The zero-order valence-electron chi connectivity index (χ0n) is 16.8. The molecule has 1 fully saturated rings. The zero-order chi connectivity index (χ0) is 20.9. The first-order valence-electron chi connectivity index (χ1n) is 9.55. The van der Waals surface area contributed by atoms with Crippen molar-refractivity contribution in [2.75, 3.05) is 51.8 Å². The molecule has 0 radical (unpaired) electrons. The molecule has 1 aliphatic heterocycles. The molecule has 29 heavy (non-hydrogen) atoms. The first kappa shape index (κ1) is 21.3. The molecule has 1 saturated heterocycles. The summed E-state index contributed by atoms with van der Waals surface area (Å²) in [7, 11) is -0.580. The van der Waals surface area contributed by atoms with Gasteiger partial charge in [-0.2, -0.15) is 4.31 Å². The lowest BCUT2D eigenvalue weighted by molar-refractivity contribution is -0.130. The Labute approximate surface area is 172 Å². The van der Waals surface area contributed by atoms with Crippen LogP contribution in [0.25, 0.3) is 0 Å². The van der Waals surface area contributed by atoms with Crippen LogP contribution in [-0.4, -0.2) is 70.5 Å². The number of sulfonamides is 1. The van der Waals surface area contributed by atoms with Crippen molar-refractivity contribution in [2.45, 2.75) is 11.4 Å². The lowest BCUT2D eigenvalue weighted by Crippen LogP contribution is -2.40. The number of benzene rings is 2. The van der Waals surface area contributed by atoms with Crippen molar-refractivity contribution in [1.82, 2.24) is 9.21 Å². The second-order valence-corrected chi connectivity index (χ2v) is 9.10. The van der Waals surface area contributed by atoms with Gasteiger partial charge < -0.3 is 14.5 Å². The van der Waals surface area contributed by atoms with Crippen molar-refractivity contribution in [3.63, 3.8) is 0 Å². The molecule has 0 bridgehead atoms. The largest absolute Gasteiger partial charge is 0.378 e. The molecule has 1 aliphatic rings. The summed E-state index contributed by atoms with van der Waals surface area (Å²) in [6.45, 7) is 3.19. The van der Waals surface area contributed by atoms with Crippen LogP contribution in [0.1, 0.15) is 5.56 Å². The number of morpholine rings is 1. The number of hydrogen-bond donors (Lipinski definition) is 0. The monoisotopic (exact) mass is 417 g/mol. The summed E-state index contributed by atoms with van der Waals surface area (Å²) in [5.41, 5.74) is 2.11. The van der Waals surface area contributed by atoms with E-state index >= 15 is 0 Å². The first-order chi connectivity index (χ1) is 13.9. The summed E-state index contributed by atoms with van der Waals surface area (Å²) >= 11 is 0. The summed E-state index contributed by atoms with van der Waals surface area (Å²) in [6, 6.07) is 16.1. The maximum absolute atomic E-state index is 12.7. The smallest absolute Gasteiger partial charge is 0.243 e. The van der Waals surface area contributed by atoms with E-state index in [1.807, 2.05) is 24.3 Å². The number of para-hydroxylation sites is 1. The van der Waals surface area contributed by atoms with Crippen molar-refractivity contribution in [3.05, 3.63) is 60.2 Å². The van der Waals surface area contributed by atoms with Gasteiger partial charge in [0.2, 0.25) is 15.9 Å². The zero-order valence-corrected chi connectivity index (χ0v) is 17.6. The normalized spacial score (nSPS) is 14.8. The van der Waals surface area contributed by atoms with E-state index in [2.05, 4.69) is 4.90 Å². The maximum Gasteiger partial charge on any atom is 0.243 e. The molecule has 0 aliphatic carbocycles. The van der Waals surface area contributed by atoms with Gasteiger partial charge >= 0.3 is 0 Å². The molecular formula is C21H27N3O4S. The van der Waals surface area contributed by atoms with Crippen LogP contribution in [0.2, 0.25) is 0 Å². The molecule has 7 nitrogen and oxygen atoms in total. The number of anilines is 1. The minimum atomic E-state index is -3.70. The summed E-state index contributed by atoms with van der Waals surface area (Å²) in [6.07, 6.45) is 0. The molecule has 0 saturated carbocycles. The van der Waals surface area contributed by atoms with Crippen LogP contribution in [0.5, 0.6) is 0 Å². The molecule has 2 aromatic rings. The molecular weight excluding hydrogens is 390 g/mol. The van der Waals surface area contributed by atoms with Gasteiger partial charge in [0.05, 0.1) is 24.7 Å². The van der Waals surface area contributed by atoms with Gasteiger partial charge in [0.25, 0.3) is 0 Å². The van der Waals surface area contributed by atoms with Crippen LogP contribution in [-0.2, 0) is 26.1 Å². The molecule has 0 unspecified atom stereocenters. The van der Waals surface area contributed by atoms with Gasteiger partial charge in [0, 0.05) is 39.4 Å². The molecule has 1 heterocycles. The van der Waals surface area contributed by atoms with E-state index in [0.29, 0.717) is 19.8 Å². The van der Waals surface area contributed by atoms with Gasteiger partial charge in [-0.25, -0.2) is 8.42 Å². The summed E-state index contributed by atoms with van der Waals surface area (Å²) in [4.78, 5) is 16.7. The first-order valence-corrected chi connectivity index (χ1v) is 11.0. The predicted octanol–water partition coefficient (Wildman–Crippen LogP) is 1.80. The van der Waals surface area contributed by atoms with Gasteiger partial charge in [0.1, 0.15) is 0 Å². The molecule has 2 aromatic carbocycles. The fourth-order valence-electron chi connectivity index (χ4n) is 3.27. The Kier molecular flexibility index (Phi) is 6.89. The van der Waals surface area contributed by atoms with Gasteiger partial charge in [-0.1, -0.05) is 36.4 Å². The average Bonchev–Trinajstić information content (AvgIpc) is 2.75. The van der Waals surface area contributed by atoms with Crippen LogP contribution in [0.15, 0.2) is 59.5 Å². The average molecular weight is 418 g/mol. The summed E-state index contributed by atoms with van der Waals surface area (Å²) in [5, 5.41) is 0. The third-order valence-corrected chi connectivity index (χ3v) is 6.80. The van der Waals surface area contributed by atoms with E-state index in [9.17, 15) is 13.2 Å². The Morgan fingerprint density at radius 1 is 1.00 bits per heavy atom. The van der Waals surface area contributed by atoms with Gasteiger partial charge in [-0.15, -0.1) is 0 Å². The Bertz CT molecular complexity index is 928. The third-order valence-electron chi connectivity index (χ3n) is 4.99. The Morgan fingerprint density at radius 3 is 2.31 bits per heavy atom. The fourth-order valence-corrected chi connectivity index (χ4v) is 4.41. The van der Waals surface area contributed by atoms with Crippen molar-refractivity contribution < 1.29 is 17.9 Å². The number of carbonyl (C=O) groups is 1. The minimum Gasteiger partial charge on any atom is -0.378 e. The number of ether oxygens (including phenoxy) is 1. The highest BCUT2D eigenvalue weighted by Crippen LogP contribution is 2.23. The quantitative estimate of drug-likeness (QED) is 0.687. The molecule has 1 amide bonds. The summed E-state index contributed by atoms with van der Waals surface area (Å²) < 4.78 is 31.8. The fraction of sp³-hybridized carbons (Fsp3) is 0.381. The van der Waals surface area contributed by atoms with Crippen LogP contribution in [0.4, 0.5) is 5.69 Å². The number of carbonyl (C=O) groups excluding carboxylic acids is 1. The SMILES string of the molecule is CN(Cc1ccccc1N1CCOCC1)C(=O)CN(C)S(=O)(=O)c1ccccc1. The number of amides is 1. The van der Waals surface area contributed by atoms with E-state index < -0.39 is 10.0 Å². The van der Waals surface area contributed by atoms with E-state index in [0.717, 1.165) is 28.6 Å². The lowest BCUT2D eigenvalue weighted by Gasteiger charge is -2.31. The van der Waals surface area contributed by atoms with Crippen molar-refractivity contribution in [3.8, 4) is 0 Å². The van der Waals surface area contributed by atoms with Gasteiger partial charge in [0.15, 0.2) is 0 Å². The number of rotatable bonds is 7. The Balaban J connectivity index is 1.67. The minimum absolute atomic E-state index is 0.176. The number of hydrogen-bond acceptors (Lipinski definition) is 5. The van der Waals surface area contributed by atoms with Gasteiger partial charge in [-0.3, -0.25) is 4.79 Å². The third kappa shape index (κ3) is 5.14. The van der Waals surface area contributed by atoms with E-state index in [1.54, 1.807) is 30.1 Å². The van der Waals surface area contributed by atoms with Crippen molar-refractivity contribution in [2.24, 2.45) is 0 Å². The van der Waals surface area contributed by atoms with Crippen molar-refractivity contribution in [1.29, 1.82) is 0 Å². The van der Waals surface area contributed by atoms with Gasteiger partial charge in [-0.05, 0) is 23.8 Å². The van der Waals surface area contributed by atoms with Crippen LogP contribution in [0, 0.1) is 0 Å². The molecule has 0 spiro atoms. The second-order valence-electron chi connectivity index (χ2n) is 7.05. The van der Waals surface area contributed by atoms with Crippen LogP contribution < -0.4 is 4.90 Å². The molecule has 0 aromatic heterocycles. The standard InChI is InChI=1S/C21H27N3O4S/c1-22(16-18-8-6-7-11-20(18)24-12-14-28-15-13-24)21(25)17-23(2)29(26,27)19-9-4-3-5-10-19/h3-11H,12-17H2,1-2H3. The van der Waals surface area contributed by atoms with E-state index in [1.165, 1.54) is 19.2 Å². The highest BCUT2D eigenvalue weighted by Gasteiger charge is 2.24. The Hall–Kier alpha value is -2.42. The molecule has 3 rings (SSSR count). The highest BCUT2D eigenvalue weighted by molar-refractivity contribution is 7.89. The Morgan fingerprint density at radius 2 is 1.62 bits per heavy atom. The second kappa shape index (κ2) is 9.39. The van der Waals surface area contributed by atoms with E-state index in [-0.39, 0.29) is 17.3 Å². The predicted molar refractivity (Wildman–Crippen MR) is 112 cm³/mol. The van der Waals surface area contributed by atoms with E-state index in [4.69, 9.17) is 4.74 Å². The lowest BCUT2D eigenvalue weighted by atomic mass is 10.1. The topological polar surface area (TPSA) is 70.2 Å². The highest BCUT2D eigenvalue weighted by atomic mass is 32.2. The van der Waals surface area contributed by atoms with Crippen LogP contribution in [0.3, 0.4) is 0 Å². The number of likely N-dealkylation sites (N-methyl/N-ethyl adjacent to an activating group) is 2. The number of nitrogens with zero attached hydrogens (tertiary/aromatic N) is 3. The summed E-state index contributed by atoms with van der Waals surface area (Å²) in [5.74, 6) is -0.260. The molecule has 0 atom stereocenters. The molecule has 8 heteroatoms. The molecule has 0 N–H and O–H groups in total.